The standard InChI is InChI=1S/C15H32N2/c1-12(2)16-8-6-7-9-17-11-13(3)10-14(4)15(17)5/h12-16H,6-11H2,1-5H3. The third kappa shape index (κ3) is 5.39. The second-order valence-electron chi connectivity index (χ2n) is 6.37. The van der Waals surface area contributed by atoms with E-state index in [9.17, 15) is 0 Å². The molecule has 1 rings (SSSR count). The van der Waals surface area contributed by atoms with Crippen molar-refractivity contribution in [2.45, 2.75) is 66.0 Å². The van der Waals surface area contributed by atoms with Crippen molar-refractivity contribution in [3.63, 3.8) is 0 Å². The van der Waals surface area contributed by atoms with Crippen molar-refractivity contribution < 1.29 is 0 Å². The first-order valence-electron chi connectivity index (χ1n) is 7.48. The van der Waals surface area contributed by atoms with Crippen molar-refractivity contribution in [1.29, 1.82) is 0 Å². The molecular formula is C15H32N2. The molecule has 17 heavy (non-hydrogen) atoms. The molecule has 1 aliphatic rings. The minimum Gasteiger partial charge on any atom is -0.315 e. The van der Waals surface area contributed by atoms with Gasteiger partial charge in [-0.15, -0.1) is 0 Å². The first-order valence-corrected chi connectivity index (χ1v) is 7.48. The zero-order chi connectivity index (χ0) is 12.8. The Kier molecular flexibility index (Phi) is 6.50. The first-order chi connectivity index (χ1) is 8.00. The topological polar surface area (TPSA) is 15.3 Å². The summed E-state index contributed by atoms with van der Waals surface area (Å²) in [6.45, 7) is 15.4. The SMILES string of the molecule is CC1CC(C)C(C)N(CCCCNC(C)C)C1. The third-order valence-corrected chi connectivity index (χ3v) is 4.14. The van der Waals surface area contributed by atoms with Gasteiger partial charge in [0.1, 0.15) is 0 Å². The zero-order valence-electron chi connectivity index (χ0n) is 12.5. The summed E-state index contributed by atoms with van der Waals surface area (Å²) in [7, 11) is 0. The largest absolute Gasteiger partial charge is 0.315 e. The van der Waals surface area contributed by atoms with E-state index in [2.05, 4.69) is 44.8 Å². The monoisotopic (exact) mass is 240 g/mol. The van der Waals surface area contributed by atoms with Crippen molar-refractivity contribution in [3.05, 3.63) is 0 Å². The molecule has 0 amide bonds. The van der Waals surface area contributed by atoms with Crippen LogP contribution in [0.2, 0.25) is 0 Å². The number of nitrogens with zero attached hydrogens (tertiary/aromatic N) is 1. The van der Waals surface area contributed by atoms with Crippen LogP contribution in [0.15, 0.2) is 0 Å². The molecule has 1 N–H and O–H groups in total. The van der Waals surface area contributed by atoms with Crippen molar-refractivity contribution in [2.75, 3.05) is 19.6 Å². The Morgan fingerprint density at radius 2 is 1.88 bits per heavy atom. The fourth-order valence-corrected chi connectivity index (χ4v) is 2.96. The lowest BCUT2D eigenvalue weighted by Gasteiger charge is -2.41. The Morgan fingerprint density at radius 1 is 1.18 bits per heavy atom. The minimum absolute atomic E-state index is 0.629. The van der Waals surface area contributed by atoms with Crippen molar-refractivity contribution >= 4 is 0 Å². The van der Waals surface area contributed by atoms with Gasteiger partial charge in [0.2, 0.25) is 0 Å². The van der Waals surface area contributed by atoms with E-state index in [4.69, 9.17) is 0 Å². The van der Waals surface area contributed by atoms with Crippen molar-refractivity contribution in [2.24, 2.45) is 11.8 Å². The van der Waals surface area contributed by atoms with Gasteiger partial charge in [-0.25, -0.2) is 0 Å². The highest BCUT2D eigenvalue weighted by Crippen LogP contribution is 2.26. The molecule has 3 atom stereocenters. The van der Waals surface area contributed by atoms with E-state index < -0.39 is 0 Å². The molecule has 0 aromatic carbocycles. The molecule has 0 bridgehead atoms. The van der Waals surface area contributed by atoms with Crippen LogP contribution in [-0.2, 0) is 0 Å². The first kappa shape index (κ1) is 15.0. The van der Waals surface area contributed by atoms with Crippen LogP contribution in [0.3, 0.4) is 0 Å². The van der Waals surface area contributed by atoms with E-state index in [1.807, 2.05) is 0 Å². The second kappa shape index (κ2) is 7.38. The number of hydrogen-bond donors (Lipinski definition) is 1. The summed E-state index contributed by atoms with van der Waals surface area (Å²) in [6, 6.07) is 1.41. The molecule has 102 valence electrons. The lowest BCUT2D eigenvalue weighted by atomic mass is 9.86. The maximum atomic E-state index is 3.49. The lowest BCUT2D eigenvalue weighted by molar-refractivity contribution is 0.0782. The summed E-state index contributed by atoms with van der Waals surface area (Å²) < 4.78 is 0. The molecule has 0 spiro atoms. The van der Waals surface area contributed by atoms with Gasteiger partial charge in [-0.1, -0.05) is 27.7 Å². The van der Waals surface area contributed by atoms with Gasteiger partial charge in [0, 0.05) is 18.6 Å². The number of nitrogens with one attached hydrogen (secondary N) is 1. The third-order valence-electron chi connectivity index (χ3n) is 4.14. The van der Waals surface area contributed by atoms with Gasteiger partial charge in [0.25, 0.3) is 0 Å². The summed E-state index contributed by atoms with van der Waals surface area (Å²) in [5, 5.41) is 3.49. The van der Waals surface area contributed by atoms with Gasteiger partial charge < -0.3 is 10.2 Å². The lowest BCUT2D eigenvalue weighted by Crippen LogP contribution is -2.46. The predicted molar refractivity (Wildman–Crippen MR) is 76.4 cm³/mol. The molecule has 0 aliphatic carbocycles. The van der Waals surface area contributed by atoms with Crippen LogP contribution >= 0.6 is 0 Å². The molecule has 0 aromatic rings. The van der Waals surface area contributed by atoms with Crippen LogP contribution in [0.5, 0.6) is 0 Å². The summed E-state index contributed by atoms with van der Waals surface area (Å²) in [5.74, 6) is 1.75. The average molecular weight is 240 g/mol. The van der Waals surface area contributed by atoms with E-state index in [-0.39, 0.29) is 0 Å². The summed E-state index contributed by atoms with van der Waals surface area (Å²) in [5.41, 5.74) is 0. The summed E-state index contributed by atoms with van der Waals surface area (Å²) in [4.78, 5) is 2.70. The molecule has 0 radical (unpaired) electrons. The molecule has 0 aromatic heterocycles. The highest BCUT2D eigenvalue weighted by Gasteiger charge is 2.27. The highest BCUT2D eigenvalue weighted by atomic mass is 15.2. The number of piperidine rings is 1. The van der Waals surface area contributed by atoms with Crippen LogP contribution in [-0.4, -0.2) is 36.6 Å². The van der Waals surface area contributed by atoms with Crippen LogP contribution in [0.1, 0.15) is 53.9 Å². The maximum absolute atomic E-state index is 3.49. The Balaban J connectivity index is 2.17. The fraction of sp³-hybridized carbons (Fsp3) is 1.00. The average Bonchev–Trinajstić information content (AvgIpc) is 2.23. The second-order valence-corrected chi connectivity index (χ2v) is 6.37. The van der Waals surface area contributed by atoms with Crippen LogP contribution in [0, 0.1) is 11.8 Å². The molecule has 2 nitrogen and oxygen atoms in total. The normalized spacial score (nSPS) is 31.1. The molecule has 0 saturated carbocycles. The fourth-order valence-electron chi connectivity index (χ4n) is 2.96. The van der Waals surface area contributed by atoms with Gasteiger partial charge in [-0.05, 0) is 51.1 Å². The number of rotatable bonds is 6. The molecular weight excluding hydrogens is 208 g/mol. The Bertz CT molecular complexity index is 203. The van der Waals surface area contributed by atoms with E-state index in [1.54, 1.807) is 0 Å². The van der Waals surface area contributed by atoms with E-state index in [1.165, 1.54) is 38.9 Å². The molecule has 1 heterocycles. The van der Waals surface area contributed by atoms with Crippen LogP contribution < -0.4 is 5.32 Å². The number of hydrogen-bond acceptors (Lipinski definition) is 2. The molecule has 3 unspecified atom stereocenters. The zero-order valence-corrected chi connectivity index (χ0v) is 12.5. The van der Waals surface area contributed by atoms with Gasteiger partial charge in [0.15, 0.2) is 0 Å². The smallest absolute Gasteiger partial charge is 0.00927 e. The molecule has 1 fully saturated rings. The van der Waals surface area contributed by atoms with Crippen molar-refractivity contribution in [3.8, 4) is 0 Å². The van der Waals surface area contributed by atoms with E-state index >= 15 is 0 Å². The summed E-state index contributed by atoms with van der Waals surface area (Å²) in [6.07, 6.45) is 4.06. The molecule has 1 saturated heterocycles. The van der Waals surface area contributed by atoms with Gasteiger partial charge in [-0.2, -0.15) is 0 Å². The Morgan fingerprint density at radius 3 is 2.53 bits per heavy atom. The Hall–Kier alpha value is -0.0800. The number of unbranched alkanes of at least 4 members (excludes halogenated alkanes) is 1. The quantitative estimate of drug-likeness (QED) is 0.718. The van der Waals surface area contributed by atoms with Crippen LogP contribution in [0.4, 0.5) is 0 Å². The molecule has 2 heteroatoms. The Labute approximate surface area is 108 Å². The van der Waals surface area contributed by atoms with Gasteiger partial charge in [0.05, 0.1) is 0 Å². The minimum atomic E-state index is 0.629. The predicted octanol–water partition coefficient (Wildman–Crippen LogP) is 3.13. The van der Waals surface area contributed by atoms with E-state index in [0.29, 0.717) is 6.04 Å². The number of likely N-dealkylation sites (tertiary alicyclic amines) is 1. The maximum Gasteiger partial charge on any atom is 0.00927 e. The van der Waals surface area contributed by atoms with E-state index in [0.717, 1.165) is 17.9 Å². The van der Waals surface area contributed by atoms with Crippen molar-refractivity contribution in [1.82, 2.24) is 10.2 Å². The van der Waals surface area contributed by atoms with Gasteiger partial charge >= 0.3 is 0 Å². The molecule has 1 aliphatic heterocycles. The highest BCUT2D eigenvalue weighted by molar-refractivity contribution is 4.81. The van der Waals surface area contributed by atoms with Gasteiger partial charge in [-0.3, -0.25) is 0 Å². The van der Waals surface area contributed by atoms with Crippen LogP contribution in [0.25, 0.3) is 0 Å². The summed E-state index contributed by atoms with van der Waals surface area (Å²) >= 11 is 0.